The number of imide groups is 1. The van der Waals surface area contributed by atoms with E-state index in [4.69, 9.17) is 16.3 Å². The molecule has 0 bridgehead atoms. The van der Waals surface area contributed by atoms with E-state index in [0.29, 0.717) is 16.3 Å². The summed E-state index contributed by atoms with van der Waals surface area (Å²) in [4.78, 5) is 49.1. The number of non-ortho nitro benzene ring substituents is 1. The quantitative estimate of drug-likeness (QED) is 0.254. The molecule has 0 saturated heterocycles. The number of amides is 2. The summed E-state index contributed by atoms with van der Waals surface area (Å²) in [7, 11) is 0. The number of nitro groups is 1. The van der Waals surface area contributed by atoms with E-state index < -0.39 is 22.7 Å². The monoisotopic (exact) mass is 436 g/mol. The third kappa shape index (κ3) is 3.88. The number of nitro benzene ring substituents is 1. The Morgan fingerprint density at radius 2 is 1.68 bits per heavy atom. The molecule has 8 nitrogen and oxygen atoms in total. The average Bonchev–Trinajstić information content (AvgIpc) is 3.02. The Morgan fingerprint density at radius 3 is 2.35 bits per heavy atom. The fourth-order valence-corrected chi connectivity index (χ4v) is 3.35. The number of carbonyl (C=O) groups excluding carboxylic acids is 3. The van der Waals surface area contributed by atoms with E-state index in [2.05, 4.69) is 0 Å². The Labute approximate surface area is 180 Å². The zero-order valence-corrected chi connectivity index (χ0v) is 16.5. The minimum absolute atomic E-state index is 0.0684. The number of hydrogen-bond acceptors (Lipinski definition) is 6. The summed E-state index contributed by atoms with van der Waals surface area (Å²) in [6, 6.07) is 16.1. The number of fused-ring (bicyclic) bond motifs is 1. The molecular formula is C22H13ClN2O6. The van der Waals surface area contributed by atoms with Crippen molar-refractivity contribution in [2.45, 2.75) is 6.61 Å². The number of carbonyl (C=O) groups is 3. The van der Waals surface area contributed by atoms with Crippen LogP contribution in [0.4, 0.5) is 11.4 Å². The van der Waals surface area contributed by atoms with Crippen LogP contribution in [0, 0.1) is 10.1 Å². The molecular weight excluding hydrogens is 424 g/mol. The van der Waals surface area contributed by atoms with Crippen molar-refractivity contribution < 1.29 is 24.0 Å². The number of esters is 1. The SMILES string of the molecule is O=C(OCc1ccc([N+](=O)[O-])cc1)c1ccc2c(c1)C(=O)N(c1cccc(Cl)c1)C2=O. The maximum absolute atomic E-state index is 12.8. The highest BCUT2D eigenvalue weighted by atomic mass is 35.5. The summed E-state index contributed by atoms with van der Waals surface area (Å²) in [6.45, 7) is -0.102. The van der Waals surface area contributed by atoms with Gasteiger partial charge in [0.05, 0.1) is 27.3 Å². The van der Waals surface area contributed by atoms with Crippen LogP contribution in [0.5, 0.6) is 0 Å². The fraction of sp³-hybridized carbons (Fsp3) is 0.0455. The van der Waals surface area contributed by atoms with E-state index in [1.807, 2.05) is 0 Å². The molecule has 9 heteroatoms. The smallest absolute Gasteiger partial charge is 0.338 e. The van der Waals surface area contributed by atoms with Crippen LogP contribution < -0.4 is 4.90 Å². The number of hydrogen-bond donors (Lipinski definition) is 0. The minimum Gasteiger partial charge on any atom is -0.457 e. The molecule has 0 spiro atoms. The predicted molar refractivity (Wildman–Crippen MR) is 111 cm³/mol. The topological polar surface area (TPSA) is 107 Å². The van der Waals surface area contributed by atoms with Crippen molar-refractivity contribution in [3.05, 3.63) is 104 Å². The molecule has 154 valence electrons. The van der Waals surface area contributed by atoms with Gasteiger partial charge in [0, 0.05) is 17.2 Å². The molecule has 3 aromatic rings. The molecule has 1 aliphatic heterocycles. The molecule has 0 atom stereocenters. The van der Waals surface area contributed by atoms with Crippen molar-refractivity contribution >= 4 is 40.8 Å². The van der Waals surface area contributed by atoms with E-state index in [1.165, 1.54) is 48.5 Å². The van der Waals surface area contributed by atoms with Crippen molar-refractivity contribution in [2.75, 3.05) is 4.90 Å². The largest absolute Gasteiger partial charge is 0.457 e. The van der Waals surface area contributed by atoms with Crippen LogP contribution in [0.3, 0.4) is 0 Å². The van der Waals surface area contributed by atoms with Gasteiger partial charge < -0.3 is 4.74 Å². The highest BCUT2D eigenvalue weighted by molar-refractivity contribution is 6.35. The second-order valence-corrected chi connectivity index (χ2v) is 7.12. The fourth-order valence-electron chi connectivity index (χ4n) is 3.16. The predicted octanol–water partition coefficient (Wildman–Crippen LogP) is 4.41. The van der Waals surface area contributed by atoms with E-state index >= 15 is 0 Å². The third-order valence-corrected chi connectivity index (χ3v) is 4.94. The van der Waals surface area contributed by atoms with E-state index in [-0.39, 0.29) is 29.0 Å². The number of anilines is 1. The maximum Gasteiger partial charge on any atom is 0.338 e. The summed E-state index contributed by atoms with van der Waals surface area (Å²) in [5.74, 6) is -1.76. The van der Waals surface area contributed by atoms with E-state index in [9.17, 15) is 24.5 Å². The summed E-state index contributed by atoms with van der Waals surface area (Å²) in [5, 5.41) is 11.1. The minimum atomic E-state index is -0.692. The molecule has 0 unspecified atom stereocenters. The highest BCUT2D eigenvalue weighted by Gasteiger charge is 2.37. The Bertz CT molecular complexity index is 1240. The molecule has 1 heterocycles. The van der Waals surface area contributed by atoms with Crippen LogP contribution in [-0.4, -0.2) is 22.7 Å². The Hall–Kier alpha value is -4.04. The Balaban J connectivity index is 1.51. The summed E-state index contributed by atoms with van der Waals surface area (Å²) in [5.41, 5.74) is 1.21. The molecule has 0 aromatic heterocycles. The van der Waals surface area contributed by atoms with Crippen molar-refractivity contribution in [1.82, 2.24) is 0 Å². The number of benzene rings is 3. The zero-order chi connectivity index (χ0) is 22.1. The molecule has 0 aliphatic carbocycles. The number of nitrogens with zero attached hydrogens (tertiary/aromatic N) is 2. The summed E-state index contributed by atoms with van der Waals surface area (Å²) < 4.78 is 5.23. The number of ether oxygens (including phenoxy) is 1. The van der Waals surface area contributed by atoms with Crippen LogP contribution in [0.1, 0.15) is 36.6 Å². The van der Waals surface area contributed by atoms with Crippen LogP contribution in [0.15, 0.2) is 66.7 Å². The van der Waals surface area contributed by atoms with E-state index in [0.717, 1.165) is 4.90 Å². The van der Waals surface area contributed by atoms with Gasteiger partial charge in [0.15, 0.2) is 0 Å². The van der Waals surface area contributed by atoms with Gasteiger partial charge in [0.2, 0.25) is 0 Å². The van der Waals surface area contributed by atoms with Crippen molar-refractivity contribution in [2.24, 2.45) is 0 Å². The normalized spacial score (nSPS) is 12.6. The summed E-state index contributed by atoms with van der Waals surface area (Å²) in [6.07, 6.45) is 0. The molecule has 4 rings (SSSR count). The first-order valence-electron chi connectivity index (χ1n) is 9.04. The van der Waals surface area contributed by atoms with Gasteiger partial charge in [-0.25, -0.2) is 9.69 Å². The van der Waals surface area contributed by atoms with Crippen LogP contribution >= 0.6 is 11.6 Å². The van der Waals surface area contributed by atoms with Crippen molar-refractivity contribution in [3.8, 4) is 0 Å². The van der Waals surface area contributed by atoms with Gasteiger partial charge in [-0.15, -0.1) is 0 Å². The maximum atomic E-state index is 12.8. The Morgan fingerprint density at radius 1 is 0.968 bits per heavy atom. The first kappa shape index (κ1) is 20.2. The molecule has 0 saturated carbocycles. The standard InChI is InChI=1S/C22H13ClN2O6/c23-15-2-1-3-17(11-15)24-20(26)18-9-6-14(10-19(18)21(24)27)22(28)31-12-13-4-7-16(8-5-13)25(29)30/h1-11H,12H2. The van der Waals surface area contributed by atoms with Gasteiger partial charge in [0.25, 0.3) is 17.5 Å². The zero-order valence-electron chi connectivity index (χ0n) is 15.8. The Kier molecular flexibility index (Phi) is 5.22. The van der Waals surface area contributed by atoms with Crippen LogP contribution in [0.25, 0.3) is 0 Å². The van der Waals surface area contributed by atoms with Crippen LogP contribution in [0.2, 0.25) is 5.02 Å². The van der Waals surface area contributed by atoms with Gasteiger partial charge in [-0.2, -0.15) is 0 Å². The average molecular weight is 437 g/mol. The highest BCUT2D eigenvalue weighted by Crippen LogP contribution is 2.30. The molecule has 31 heavy (non-hydrogen) atoms. The summed E-state index contributed by atoms with van der Waals surface area (Å²) >= 11 is 5.96. The molecule has 1 aliphatic rings. The third-order valence-electron chi connectivity index (χ3n) is 4.71. The van der Waals surface area contributed by atoms with Gasteiger partial charge >= 0.3 is 5.97 Å². The number of halogens is 1. The van der Waals surface area contributed by atoms with Crippen molar-refractivity contribution in [1.29, 1.82) is 0 Å². The van der Waals surface area contributed by atoms with Gasteiger partial charge in [-0.05, 0) is 54.1 Å². The van der Waals surface area contributed by atoms with Gasteiger partial charge in [0.1, 0.15) is 6.61 Å². The molecule has 0 N–H and O–H groups in total. The lowest BCUT2D eigenvalue weighted by molar-refractivity contribution is -0.384. The second kappa shape index (κ2) is 8.00. The lowest BCUT2D eigenvalue weighted by Gasteiger charge is -2.13. The lowest BCUT2D eigenvalue weighted by atomic mass is 10.1. The van der Waals surface area contributed by atoms with E-state index in [1.54, 1.807) is 18.2 Å². The molecule has 2 amide bonds. The second-order valence-electron chi connectivity index (χ2n) is 6.69. The number of rotatable bonds is 5. The molecule has 0 fully saturated rings. The molecule has 0 radical (unpaired) electrons. The van der Waals surface area contributed by atoms with Gasteiger partial charge in [-0.3, -0.25) is 19.7 Å². The first-order chi connectivity index (χ1) is 14.8. The first-order valence-corrected chi connectivity index (χ1v) is 9.42. The van der Waals surface area contributed by atoms with Crippen molar-refractivity contribution in [3.63, 3.8) is 0 Å². The van der Waals surface area contributed by atoms with Crippen LogP contribution in [-0.2, 0) is 11.3 Å². The van der Waals surface area contributed by atoms with Gasteiger partial charge in [-0.1, -0.05) is 17.7 Å². The lowest BCUT2D eigenvalue weighted by Crippen LogP contribution is -2.29. The molecule has 3 aromatic carbocycles.